The lowest BCUT2D eigenvalue weighted by atomic mass is 9.94. The fourth-order valence-electron chi connectivity index (χ4n) is 2.32. The zero-order chi connectivity index (χ0) is 10.8. The number of H-pyrrole nitrogens is 1. The normalized spacial score (nSPS) is 17.8. The Kier molecular flexibility index (Phi) is 2.76. The molecule has 1 saturated heterocycles. The summed E-state index contributed by atoms with van der Waals surface area (Å²) in [6.45, 7) is 2.27. The third-order valence-electron chi connectivity index (χ3n) is 3.18. The molecule has 84 valence electrons. The number of nitrogens with zero attached hydrogens (tertiary/aromatic N) is 1. The van der Waals surface area contributed by atoms with Crippen LogP contribution < -0.4 is 5.32 Å². The molecule has 1 aliphatic heterocycles. The Labute approximate surface area is 98.9 Å². The van der Waals surface area contributed by atoms with E-state index in [0.717, 1.165) is 13.1 Å². The maximum absolute atomic E-state index is 4.51. The molecule has 3 rings (SSSR count). The van der Waals surface area contributed by atoms with Gasteiger partial charge in [0.1, 0.15) is 0 Å². The second-order valence-corrected chi connectivity index (χ2v) is 5.08. The van der Waals surface area contributed by atoms with Crippen LogP contribution in [0.1, 0.15) is 23.6 Å². The molecule has 3 heterocycles. The van der Waals surface area contributed by atoms with Gasteiger partial charge in [-0.2, -0.15) is 0 Å². The summed E-state index contributed by atoms with van der Waals surface area (Å²) in [5.74, 6) is 0.693. The number of hydrogen-bond acceptors (Lipinski definition) is 3. The van der Waals surface area contributed by atoms with Gasteiger partial charge in [-0.05, 0) is 37.9 Å². The molecule has 0 bridgehead atoms. The van der Waals surface area contributed by atoms with Crippen molar-refractivity contribution in [3.05, 3.63) is 28.8 Å². The van der Waals surface area contributed by atoms with E-state index >= 15 is 0 Å². The predicted molar refractivity (Wildman–Crippen MR) is 66.7 cm³/mol. The minimum atomic E-state index is 0.693. The summed E-state index contributed by atoms with van der Waals surface area (Å²) >= 11 is 1.80. The van der Waals surface area contributed by atoms with Crippen molar-refractivity contribution in [1.29, 1.82) is 0 Å². The largest absolute Gasteiger partial charge is 0.367 e. The SMILES string of the molecule is c1cc(-c2ncsc2C2CCNCC2)c[nH]1. The first-order valence-corrected chi connectivity index (χ1v) is 6.60. The Hall–Kier alpha value is -1.13. The first-order valence-electron chi connectivity index (χ1n) is 5.72. The van der Waals surface area contributed by atoms with E-state index < -0.39 is 0 Å². The van der Waals surface area contributed by atoms with Crippen LogP contribution in [0.3, 0.4) is 0 Å². The molecule has 4 heteroatoms. The minimum Gasteiger partial charge on any atom is -0.367 e. The zero-order valence-electron chi connectivity index (χ0n) is 9.07. The highest BCUT2D eigenvalue weighted by Crippen LogP contribution is 2.35. The average molecular weight is 233 g/mol. The Morgan fingerprint density at radius 3 is 2.94 bits per heavy atom. The second-order valence-electron chi connectivity index (χ2n) is 4.19. The van der Waals surface area contributed by atoms with Gasteiger partial charge in [-0.3, -0.25) is 0 Å². The molecule has 1 aliphatic rings. The molecule has 0 spiro atoms. The molecule has 16 heavy (non-hydrogen) atoms. The maximum Gasteiger partial charge on any atom is 0.0861 e. The van der Waals surface area contributed by atoms with Gasteiger partial charge < -0.3 is 10.3 Å². The number of nitrogens with one attached hydrogen (secondary N) is 2. The fraction of sp³-hybridized carbons (Fsp3) is 0.417. The molecule has 0 atom stereocenters. The Morgan fingerprint density at radius 1 is 1.31 bits per heavy atom. The molecule has 0 radical (unpaired) electrons. The van der Waals surface area contributed by atoms with Gasteiger partial charge in [-0.25, -0.2) is 4.98 Å². The Balaban J connectivity index is 1.92. The smallest absolute Gasteiger partial charge is 0.0861 e. The van der Waals surface area contributed by atoms with Crippen LogP contribution in [0.5, 0.6) is 0 Å². The molecule has 1 fully saturated rings. The van der Waals surface area contributed by atoms with E-state index in [1.807, 2.05) is 17.9 Å². The molecule has 0 aliphatic carbocycles. The predicted octanol–water partition coefficient (Wildman–Crippen LogP) is 2.61. The van der Waals surface area contributed by atoms with E-state index in [9.17, 15) is 0 Å². The van der Waals surface area contributed by atoms with Crippen LogP contribution >= 0.6 is 11.3 Å². The van der Waals surface area contributed by atoms with Crippen molar-refractivity contribution in [3.8, 4) is 11.3 Å². The summed E-state index contributed by atoms with van der Waals surface area (Å²) in [4.78, 5) is 9.07. The lowest BCUT2D eigenvalue weighted by Gasteiger charge is -2.22. The number of aromatic amines is 1. The van der Waals surface area contributed by atoms with Crippen LogP contribution in [0.2, 0.25) is 0 Å². The molecule has 0 saturated carbocycles. The Morgan fingerprint density at radius 2 is 2.19 bits per heavy atom. The van der Waals surface area contributed by atoms with Gasteiger partial charge in [0.2, 0.25) is 0 Å². The number of thiazole rings is 1. The molecule has 2 N–H and O–H groups in total. The van der Waals surface area contributed by atoms with Gasteiger partial charge in [0.25, 0.3) is 0 Å². The van der Waals surface area contributed by atoms with Crippen LogP contribution in [0, 0.1) is 0 Å². The second kappa shape index (κ2) is 4.39. The number of hydrogen-bond donors (Lipinski definition) is 2. The monoisotopic (exact) mass is 233 g/mol. The molecule has 2 aromatic rings. The number of rotatable bonds is 2. The average Bonchev–Trinajstić information content (AvgIpc) is 3.01. The highest BCUT2D eigenvalue weighted by molar-refractivity contribution is 7.10. The van der Waals surface area contributed by atoms with Gasteiger partial charge in [0.15, 0.2) is 0 Å². The van der Waals surface area contributed by atoms with Crippen molar-refractivity contribution >= 4 is 11.3 Å². The van der Waals surface area contributed by atoms with E-state index in [1.54, 1.807) is 11.3 Å². The molecular formula is C12H15N3S. The van der Waals surface area contributed by atoms with Crippen molar-refractivity contribution in [3.63, 3.8) is 0 Å². The van der Waals surface area contributed by atoms with Gasteiger partial charge in [-0.15, -0.1) is 11.3 Å². The molecule has 3 nitrogen and oxygen atoms in total. The lowest BCUT2D eigenvalue weighted by Crippen LogP contribution is -2.26. The topological polar surface area (TPSA) is 40.7 Å². The number of piperidine rings is 1. The molecular weight excluding hydrogens is 218 g/mol. The van der Waals surface area contributed by atoms with Gasteiger partial charge in [0.05, 0.1) is 11.2 Å². The third kappa shape index (κ3) is 1.79. The fourth-order valence-corrected chi connectivity index (χ4v) is 3.30. The van der Waals surface area contributed by atoms with Crippen LogP contribution in [-0.2, 0) is 0 Å². The zero-order valence-corrected chi connectivity index (χ0v) is 9.89. The van der Waals surface area contributed by atoms with Crippen LogP contribution in [0.15, 0.2) is 24.0 Å². The van der Waals surface area contributed by atoms with Crippen LogP contribution in [-0.4, -0.2) is 23.1 Å². The van der Waals surface area contributed by atoms with Gasteiger partial charge >= 0.3 is 0 Å². The first kappa shape index (κ1) is 10.1. The summed E-state index contributed by atoms with van der Waals surface area (Å²) in [5, 5.41) is 3.41. The van der Waals surface area contributed by atoms with Crippen molar-refractivity contribution in [2.24, 2.45) is 0 Å². The van der Waals surface area contributed by atoms with Crippen LogP contribution in [0.4, 0.5) is 0 Å². The van der Waals surface area contributed by atoms with E-state index in [4.69, 9.17) is 0 Å². The van der Waals surface area contributed by atoms with Crippen molar-refractivity contribution in [1.82, 2.24) is 15.3 Å². The highest BCUT2D eigenvalue weighted by atomic mass is 32.1. The van der Waals surface area contributed by atoms with Gasteiger partial charge in [-0.1, -0.05) is 0 Å². The van der Waals surface area contributed by atoms with Crippen LogP contribution in [0.25, 0.3) is 11.3 Å². The van der Waals surface area contributed by atoms with E-state index in [1.165, 1.54) is 29.0 Å². The highest BCUT2D eigenvalue weighted by Gasteiger charge is 2.21. The quantitative estimate of drug-likeness (QED) is 0.837. The standard InChI is InChI=1S/C12H15N3S/c1-4-13-5-2-9(1)12-11(15-8-16-12)10-3-6-14-7-10/h3,6-9,13-14H,1-2,4-5H2. The van der Waals surface area contributed by atoms with Crippen molar-refractivity contribution in [2.45, 2.75) is 18.8 Å². The number of aromatic nitrogens is 2. The van der Waals surface area contributed by atoms with Crippen molar-refractivity contribution in [2.75, 3.05) is 13.1 Å². The van der Waals surface area contributed by atoms with E-state index in [0.29, 0.717) is 5.92 Å². The summed E-state index contributed by atoms with van der Waals surface area (Å²) in [7, 11) is 0. The molecule has 0 amide bonds. The van der Waals surface area contributed by atoms with Gasteiger partial charge in [0, 0.05) is 22.8 Å². The van der Waals surface area contributed by atoms with E-state index in [2.05, 4.69) is 21.4 Å². The van der Waals surface area contributed by atoms with Crippen molar-refractivity contribution < 1.29 is 0 Å². The first-order chi connectivity index (χ1) is 7.95. The lowest BCUT2D eigenvalue weighted by molar-refractivity contribution is 0.465. The Bertz CT molecular complexity index is 441. The summed E-state index contributed by atoms with van der Waals surface area (Å²) in [6.07, 6.45) is 6.46. The minimum absolute atomic E-state index is 0.693. The molecule has 2 aromatic heterocycles. The summed E-state index contributed by atoms with van der Waals surface area (Å²) < 4.78 is 0. The molecule has 0 unspecified atom stereocenters. The summed E-state index contributed by atoms with van der Waals surface area (Å²) in [6, 6.07) is 2.10. The third-order valence-corrected chi connectivity index (χ3v) is 4.17. The summed E-state index contributed by atoms with van der Waals surface area (Å²) in [5.41, 5.74) is 4.37. The molecule has 0 aromatic carbocycles. The maximum atomic E-state index is 4.51. The van der Waals surface area contributed by atoms with E-state index in [-0.39, 0.29) is 0 Å².